The van der Waals surface area contributed by atoms with E-state index in [0.717, 1.165) is 6.08 Å². The third kappa shape index (κ3) is 2.95. The summed E-state index contributed by atoms with van der Waals surface area (Å²) in [5.41, 5.74) is 0.919. The van der Waals surface area contributed by atoms with Crippen molar-refractivity contribution in [2.75, 3.05) is 12.4 Å². The van der Waals surface area contributed by atoms with Crippen molar-refractivity contribution >= 4 is 17.6 Å². The number of carbonyl (C=O) groups excluding carboxylic acids is 2. The number of carbonyl (C=O) groups is 2. The normalized spacial score (nSPS) is 9.13. The highest BCUT2D eigenvalue weighted by molar-refractivity contribution is 6.00. The summed E-state index contributed by atoms with van der Waals surface area (Å²) in [4.78, 5) is 22.2. The van der Waals surface area contributed by atoms with E-state index in [4.69, 9.17) is 0 Å². The van der Waals surface area contributed by atoms with Crippen LogP contribution in [-0.4, -0.2) is 19.0 Å². The summed E-state index contributed by atoms with van der Waals surface area (Å²) < 4.78 is 4.55. The maximum Gasteiger partial charge on any atom is 0.337 e. The second-order valence-corrected chi connectivity index (χ2v) is 2.77. The van der Waals surface area contributed by atoms with Gasteiger partial charge in [0.05, 0.1) is 12.7 Å². The van der Waals surface area contributed by atoms with E-state index in [1.807, 2.05) is 0 Å². The highest BCUT2D eigenvalue weighted by atomic mass is 16.5. The molecule has 0 fully saturated rings. The second kappa shape index (κ2) is 4.95. The standard InChI is InChI=1S/C11H11NO3/c1-3-10(13)12-9-6-4-5-8(7-9)11(14)15-2/h3-7H,1H2,2H3,(H,12,13). The molecule has 0 heterocycles. The molecular weight excluding hydrogens is 194 g/mol. The van der Waals surface area contributed by atoms with Crippen LogP contribution < -0.4 is 5.32 Å². The Kier molecular flexibility index (Phi) is 3.62. The molecule has 15 heavy (non-hydrogen) atoms. The Balaban J connectivity index is 2.87. The molecule has 0 aromatic heterocycles. The molecule has 0 spiro atoms. The minimum atomic E-state index is -0.440. The minimum Gasteiger partial charge on any atom is -0.465 e. The third-order valence-corrected chi connectivity index (χ3v) is 1.74. The zero-order chi connectivity index (χ0) is 11.3. The van der Waals surface area contributed by atoms with Crippen molar-refractivity contribution in [3.05, 3.63) is 42.5 Å². The number of methoxy groups -OCH3 is 1. The van der Waals surface area contributed by atoms with Gasteiger partial charge in [0.2, 0.25) is 5.91 Å². The second-order valence-electron chi connectivity index (χ2n) is 2.77. The highest BCUT2D eigenvalue weighted by Crippen LogP contribution is 2.11. The average molecular weight is 205 g/mol. The van der Waals surface area contributed by atoms with Crippen LogP contribution >= 0.6 is 0 Å². The van der Waals surface area contributed by atoms with E-state index in [9.17, 15) is 9.59 Å². The van der Waals surface area contributed by atoms with Gasteiger partial charge in [0.15, 0.2) is 0 Å². The van der Waals surface area contributed by atoms with Gasteiger partial charge in [0, 0.05) is 5.69 Å². The lowest BCUT2D eigenvalue weighted by Gasteiger charge is -2.04. The van der Waals surface area contributed by atoms with Crippen molar-refractivity contribution in [3.63, 3.8) is 0 Å². The molecule has 0 bridgehead atoms. The first-order valence-electron chi connectivity index (χ1n) is 4.29. The Morgan fingerprint density at radius 1 is 1.47 bits per heavy atom. The minimum absolute atomic E-state index is 0.322. The van der Waals surface area contributed by atoms with Gasteiger partial charge < -0.3 is 10.1 Å². The van der Waals surface area contributed by atoms with Crippen LogP contribution in [0.25, 0.3) is 0 Å². The molecule has 4 nitrogen and oxygen atoms in total. The van der Waals surface area contributed by atoms with Crippen molar-refractivity contribution in [2.45, 2.75) is 0 Å². The Labute approximate surface area is 87.6 Å². The molecule has 4 heteroatoms. The van der Waals surface area contributed by atoms with Crippen molar-refractivity contribution in [3.8, 4) is 0 Å². The quantitative estimate of drug-likeness (QED) is 0.602. The molecule has 0 radical (unpaired) electrons. The molecule has 1 rings (SSSR count). The maximum atomic E-state index is 11.2. The monoisotopic (exact) mass is 205 g/mol. The molecule has 1 amide bonds. The van der Waals surface area contributed by atoms with Gasteiger partial charge >= 0.3 is 5.97 Å². The van der Waals surface area contributed by atoms with Crippen molar-refractivity contribution in [1.82, 2.24) is 0 Å². The molecule has 78 valence electrons. The number of esters is 1. The van der Waals surface area contributed by atoms with Crippen molar-refractivity contribution in [1.29, 1.82) is 0 Å². The SMILES string of the molecule is C=CC(=O)Nc1cccc(C(=O)OC)c1. The molecule has 0 saturated heterocycles. The van der Waals surface area contributed by atoms with E-state index in [1.54, 1.807) is 18.2 Å². The zero-order valence-corrected chi connectivity index (χ0v) is 8.32. The average Bonchev–Trinajstić information content (AvgIpc) is 2.28. The number of rotatable bonds is 3. The fourth-order valence-electron chi connectivity index (χ4n) is 1.04. The Morgan fingerprint density at radius 2 is 2.20 bits per heavy atom. The fourth-order valence-corrected chi connectivity index (χ4v) is 1.04. The number of benzene rings is 1. The number of ether oxygens (including phenoxy) is 1. The number of hydrogen-bond donors (Lipinski definition) is 1. The smallest absolute Gasteiger partial charge is 0.337 e. The molecule has 0 unspecified atom stereocenters. The van der Waals surface area contributed by atoms with E-state index in [0.29, 0.717) is 11.3 Å². The first-order chi connectivity index (χ1) is 7.17. The summed E-state index contributed by atoms with van der Waals surface area (Å²) in [5, 5.41) is 2.55. The van der Waals surface area contributed by atoms with Crippen LogP contribution in [0.3, 0.4) is 0 Å². The van der Waals surface area contributed by atoms with Gasteiger partial charge in [-0.2, -0.15) is 0 Å². The van der Waals surface area contributed by atoms with Crippen LogP contribution in [0.2, 0.25) is 0 Å². The molecule has 0 aliphatic rings. The van der Waals surface area contributed by atoms with Crippen LogP contribution in [-0.2, 0) is 9.53 Å². The van der Waals surface area contributed by atoms with E-state index >= 15 is 0 Å². The van der Waals surface area contributed by atoms with Gasteiger partial charge in [-0.25, -0.2) is 4.79 Å². The molecule has 0 saturated carbocycles. The first-order valence-corrected chi connectivity index (χ1v) is 4.29. The summed E-state index contributed by atoms with van der Waals surface area (Å²) in [6.45, 7) is 3.33. The van der Waals surface area contributed by atoms with Gasteiger partial charge in [-0.05, 0) is 24.3 Å². The molecule has 1 aromatic rings. The van der Waals surface area contributed by atoms with Gasteiger partial charge in [0.1, 0.15) is 0 Å². The first kappa shape index (κ1) is 11.0. The zero-order valence-electron chi connectivity index (χ0n) is 8.32. The van der Waals surface area contributed by atoms with E-state index in [-0.39, 0.29) is 5.91 Å². The molecule has 0 aliphatic heterocycles. The number of nitrogens with one attached hydrogen (secondary N) is 1. The molecule has 0 atom stereocenters. The predicted molar refractivity (Wildman–Crippen MR) is 56.6 cm³/mol. The Hall–Kier alpha value is -2.10. The number of anilines is 1. The van der Waals surface area contributed by atoms with E-state index in [1.165, 1.54) is 13.2 Å². The lowest BCUT2D eigenvalue weighted by Crippen LogP contribution is -2.08. The van der Waals surface area contributed by atoms with Gasteiger partial charge in [-0.3, -0.25) is 4.79 Å². The molecule has 0 aliphatic carbocycles. The lowest BCUT2D eigenvalue weighted by molar-refractivity contribution is -0.111. The van der Waals surface area contributed by atoms with Crippen LogP contribution in [0.5, 0.6) is 0 Å². The summed E-state index contributed by atoms with van der Waals surface area (Å²) in [7, 11) is 1.30. The van der Waals surface area contributed by atoms with Gasteiger partial charge in [-0.15, -0.1) is 0 Å². The Morgan fingerprint density at radius 3 is 2.80 bits per heavy atom. The lowest BCUT2D eigenvalue weighted by atomic mass is 10.2. The topological polar surface area (TPSA) is 55.4 Å². The largest absolute Gasteiger partial charge is 0.465 e. The number of amides is 1. The summed E-state index contributed by atoms with van der Waals surface area (Å²) in [6, 6.07) is 6.47. The molecule has 1 N–H and O–H groups in total. The maximum absolute atomic E-state index is 11.2. The van der Waals surface area contributed by atoms with Crippen molar-refractivity contribution < 1.29 is 14.3 Å². The highest BCUT2D eigenvalue weighted by Gasteiger charge is 2.05. The molecular formula is C11H11NO3. The number of hydrogen-bond acceptors (Lipinski definition) is 3. The van der Waals surface area contributed by atoms with E-state index < -0.39 is 5.97 Å². The van der Waals surface area contributed by atoms with Gasteiger partial charge in [-0.1, -0.05) is 12.6 Å². The Bertz CT molecular complexity index is 399. The summed E-state index contributed by atoms with van der Waals surface area (Å²) in [6.07, 6.45) is 1.16. The van der Waals surface area contributed by atoms with Crippen LogP contribution in [0, 0.1) is 0 Å². The predicted octanol–water partition coefficient (Wildman–Crippen LogP) is 1.60. The van der Waals surface area contributed by atoms with Crippen molar-refractivity contribution in [2.24, 2.45) is 0 Å². The van der Waals surface area contributed by atoms with Crippen LogP contribution in [0.1, 0.15) is 10.4 Å². The van der Waals surface area contributed by atoms with E-state index in [2.05, 4.69) is 16.6 Å². The van der Waals surface area contributed by atoms with Crippen LogP contribution in [0.4, 0.5) is 5.69 Å². The fraction of sp³-hybridized carbons (Fsp3) is 0.0909. The van der Waals surface area contributed by atoms with Crippen LogP contribution in [0.15, 0.2) is 36.9 Å². The third-order valence-electron chi connectivity index (χ3n) is 1.74. The molecule has 1 aromatic carbocycles. The summed E-state index contributed by atoms with van der Waals surface area (Å²) >= 11 is 0. The summed E-state index contributed by atoms with van der Waals surface area (Å²) in [5.74, 6) is -0.762. The van der Waals surface area contributed by atoms with Gasteiger partial charge in [0.25, 0.3) is 0 Å².